The molecule has 0 unspecified atom stereocenters. The van der Waals surface area contributed by atoms with Crippen molar-refractivity contribution in [2.75, 3.05) is 58.7 Å². The summed E-state index contributed by atoms with van der Waals surface area (Å²) in [6, 6.07) is 26.8. The van der Waals surface area contributed by atoms with Crippen LogP contribution in [0.1, 0.15) is 17.8 Å². The Hall–Kier alpha value is -3.81. The number of fused-ring (bicyclic) bond motifs is 1. The number of hydrogen-bond donors (Lipinski definition) is 1. The highest BCUT2D eigenvalue weighted by atomic mass is 16.2. The lowest BCUT2D eigenvalue weighted by atomic mass is 10.0. The molecule has 2 heterocycles. The molecule has 1 N–H and O–H groups in total. The zero-order valence-electron chi connectivity index (χ0n) is 23.0. The largest absolute Gasteiger partial charge is 0.369 e. The van der Waals surface area contributed by atoms with E-state index in [1.807, 2.05) is 35.2 Å². The molecule has 0 bridgehead atoms. The van der Waals surface area contributed by atoms with Crippen molar-refractivity contribution < 1.29 is 4.79 Å². The third-order valence-electron chi connectivity index (χ3n) is 7.23. The van der Waals surface area contributed by atoms with Crippen molar-refractivity contribution in [1.29, 1.82) is 0 Å². The first kappa shape index (κ1) is 26.8. The van der Waals surface area contributed by atoms with Crippen LogP contribution in [0, 0.1) is 0 Å². The fourth-order valence-corrected chi connectivity index (χ4v) is 5.02. The summed E-state index contributed by atoms with van der Waals surface area (Å²) in [6.45, 7) is 5.68. The van der Waals surface area contributed by atoms with Crippen LogP contribution in [0.3, 0.4) is 0 Å². The van der Waals surface area contributed by atoms with Crippen LogP contribution in [0.25, 0.3) is 22.0 Å². The van der Waals surface area contributed by atoms with Gasteiger partial charge in [-0.25, -0.2) is 9.97 Å². The first-order chi connectivity index (χ1) is 19.0. The summed E-state index contributed by atoms with van der Waals surface area (Å²) >= 11 is 0. The zero-order valence-corrected chi connectivity index (χ0v) is 23.0. The Morgan fingerprint density at radius 1 is 0.846 bits per heavy atom. The maximum absolute atomic E-state index is 13.0. The fourth-order valence-electron chi connectivity index (χ4n) is 5.02. The number of amides is 1. The summed E-state index contributed by atoms with van der Waals surface area (Å²) in [5.41, 5.74) is 4.37. The number of aromatic nitrogens is 2. The summed E-state index contributed by atoms with van der Waals surface area (Å²) < 4.78 is 0. The molecule has 1 fully saturated rings. The van der Waals surface area contributed by atoms with Gasteiger partial charge in [0.2, 0.25) is 5.91 Å². The molecule has 1 saturated heterocycles. The van der Waals surface area contributed by atoms with Crippen molar-refractivity contribution in [3.8, 4) is 11.1 Å². The number of para-hydroxylation sites is 1. The Morgan fingerprint density at radius 3 is 2.28 bits per heavy atom. The maximum atomic E-state index is 13.0. The molecule has 7 nitrogen and oxygen atoms in total. The van der Waals surface area contributed by atoms with Gasteiger partial charge in [-0.15, -0.1) is 0 Å². The molecule has 5 rings (SSSR count). The molecule has 0 atom stereocenters. The highest BCUT2D eigenvalue weighted by molar-refractivity contribution is 5.89. The first-order valence-corrected chi connectivity index (χ1v) is 13.8. The number of rotatable bonds is 10. The molecule has 1 aliphatic rings. The Labute approximate surface area is 231 Å². The molecule has 4 aromatic rings. The summed E-state index contributed by atoms with van der Waals surface area (Å²) in [7, 11) is 4.18. The number of nitrogens with one attached hydrogen (secondary N) is 1. The Kier molecular flexibility index (Phi) is 8.81. The third-order valence-corrected chi connectivity index (χ3v) is 7.23. The zero-order chi connectivity index (χ0) is 27.0. The molecule has 202 valence electrons. The first-order valence-electron chi connectivity index (χ1n) is 13.8. The molecule has 0 saturated carbocycles. The van der Waals surface area contributed by atoms with Crippen molar-refractivity contribution in [2.45, 2.75) is 19.4 Å². The van der Waals surface area contributed by atoms with Crippen molar-refractivity contribution in [1.82, 2.24) is 24.7 Å². The van der Waals surface area contributed by atoms with Crippen molar-refractivity contribution >= 4 is 22.6 Å². The minimum Gasteiger partial charge on any atom is -0.369 e. The van der Waals surface area contributed by atoms with E-state index < -0.39 is 0 Å². The molecule has 1 aromatic heterocycles. The van der Waals surface area contributed by atoms with Gasteiger partial charge in [-0.3, -0.25) is 9.69 Å². The van der Waals surface area contributed by atoms with Gasteiger partial charge in [0.05, 0.1) is 18.5 Å². The average Bonchev–Trinajstić information content (AvgIpc) is 2.96. The number of benzene rings is 3. The SMILES string of the molecule is CN(C)CCCNc1nc(CN2CCN(C(=O)Cc3ccc(-c4ccccc4)cc3)CC2)nc2ccccc12. The molecular weight excluding hydrogens is 484 g/mol. The van der Waals surface area contributed by atoms with Crippen molar-refractivity contribution in [3.63, 3.8) is 0 Å². The second kappa shape index (κ2) is 12.8. The van der Waals surface area contributed by atoms with Crippen molar-refractivity contribution in [3.05, 3.63) is 90.3 Å². The Balaban J connectivity index is 1.15. The minimum absolute atomic E-state index is 0.188. The lowest BCUT2D eigenvalue weighted by Crippen LogP contribution is -2.48. The molecule has 1 aliphatic heterocycles. The van der Waals surface area contributed by atoms with Gasteiger partial charge in [-0.2, -0.15) is 0 Å². The van der Waals surface area contributed by atoms with Gasteiger partial charge in [0.15, 0.2) is 0 Å². The quantitative estimate of drug-likeness (QED) is 0.309. The summed E-state index contributed by atoms with van der Waals surface area (Å²) in [4.78, 5) is 29.3. The van der Waals surface area contributed by atoms with E-state index in [9.17, 15) is 4.79 Å². The molecule has 0 aliphatic carbocycles. The van der Waals surface area contributed by atoms with Crippen LogP contribution < -0.4 is 5.32 Å². The molecule has 7 heteroatoms. The predicted octanol–water partition coefficient (Wildman–Crippen LogP) is 4.55. The van der Waals surface area contributed by atoms with Gasteiger partial charge < -0.3 is 15.1 Å². The number of nitrogens with zero attached hydrogens (tertiary/aromatic N) is 5. The van der Waals surface area contributed by atoms with E-state index in [-0.39, 0.29) is 5.91 Å². The Morgan fingerprint density at radius 2 is 1.54 bits per heavy atom. The highest BCUT2D eigenvalue weighted by Crippen LogP contribution is 2.22. The van der Waals surface area contributed by atoms with E-state index in [0.29, 0.717) is 13.0 Å². The van der Waals surface area contributed by atoms with Crippen LogP contribution in [0.5, 0.6) is 0 Å². The molecular formula is C32H38N6O. The third kappa shape index (κ3) is 7.19. The topological polar surface area (TPSA) is 64.6 Å². The van der Waals surface area contributed by atoms with Gasteiger partial charge in [0.25, 0.3) is 0 Å². The lowest BCUT2D eigenvalue weighted by Gasteiger charge is -2.34. The van der Waals surface area contributed by atoms with Gasteiger partial charge in [-0.05, 0) is 55.9 Å². The van der Waals surface area contributed by atoms with E-state index in [1.165, 1.54) is 11.1 Å². The standard InChI is InChI=1S/C32H38N6O/c1-36(2)18-8-17-33-32-28-11-6-7-12-29(28)34-30(35-32)24-37-19-21-38(22-20-37)31(39)23-25-13-15-27(16-14-25)26-9-4-3-5-10-26/h3-7,9-16H,8,17-24H2,1-2H3,(H,33,34,35). The van der Waals surface area contributed by atoms with E-state index in [0.717, 1.165) is 73.8 Å². The van der Waals surface area contributed by atoms with E-state index >= 15 is 0 Å². The average molecular weight is 523 g/mol. The molecule has 3 aromatic carbocycles. The van der Waals surface area contributed by atoms with E-state index in [2.05, 4.69) is 77.7 Å². The molecule has 0 radical (unpaired) electrons. The summed E-state index contributed by atoms with van der Waals surface area (Å²) in [5.74, 6) is 1.91. The fraction of sp³-hybridized carbons (Fsp3) is 0.344. The van der Waals surface area contributed by atoms with Gasteiger partial charge in [-0.1, -0.05) is 66.7 Å². The second-order valence-corrected chi connectivity index (χ2v) is 10.5. The van der Waals surface area contributed by atoms with Gasteiger partial charge >= 0.3 is 0 Å². The number of carbonyl (C=O) groups excluding carboxylic acids is 1. The van der Waals surface area contributed by atoms with Crippen molar-refractivity contribution in [2.24, 2.45) is 0 Å². The summed E-state index contributed by atoms with van der Waals surface area (Å²) in [5, 5.41) is 4.58. The number of carbonyl (C=O) groups is 1. The number of piperazine rings is 1. The van der Waals surface area contributed by atoms with Gasteiger partial charge in [0, 0.05) is 38.1 Å². The van der Waals surface area contributed by atoms with E-state index in [4.69, 9.17) is 9.97 Å². The number of hydrogen-bond acceptors (Lipinski definition) is 6. The maximum Gasteiger partial charge on any atom is 0.227 e. The van der Waals surface area contributed by atoms with Crippen LogP contribution in [-0.4, -0.2) is 83.9 Å². The van der Waals surface area contributed by atoms with Crippen LogP contribution in [0.2, 0.25) is 0 Å². The van der Waals surface area contributed by atoms with Crippen LogP contribution in [0.15, 0.2) is 78.9 Å². The molecule has 1 amide bonds. The van der Waals surface area contributed by atoms with E-state index in [1.54, 1.807) is 0 Å². The predicted molar refractivity (Wildman–Crippen MR) is 159 cm³/mol. The number of anilines is 1. The van der Waals surface area contributed by atoms with Crippen LogP contribution in [-0.2, 0) is 17.8 Å². The van der Waals surface area contributed by atoms with Crippen LogP contribution in [0.4, 0.5) is 5.82 Å². The van der Waals surface area contributed by atoms with Gasteiger partial charge in [0.1, 0.15) is 11.6 Å². The monoisotopic (exact) mass is 522 g/mol. The molecule has 39 heavy (non-hydrogen) atoms. The molecule has 0 spiro atoms. The normalized spacial score (nSPS) is 14.2. The Bertz CT molecular complexity index is 1360. The smallest absolute Gasteiger partial charge is 0.227 e. The summed E-state index contributed by atoms with van der Waals surface area (Å²) in [6.07, 6.45) is 1.49. The minimum atomic E-state index is 0.188. The van der Waals surface area contributed by atoms with Crippen LogP contribution >= 0.6 is 0 Å². The highest BCUT2D eigenvalue weighted by Gasteiger charge is 2.22. The second-order valence-electron chi connectivity index (χ2n) is 10.5. The lowest BCUT2D eigenvalue weighted by molar-refractivity contribution is -0.132.